The topological polar surface area (TPSA) is 95.9 Å². The first kappa shape index (κ1) is 15.1. The zero-order chi connectivity index (χ0) is 14.8. The van der Waals surface area contributed by atoms with Crippen LogP contribution in [0, 0.1) is 0 Å². The van der Waals surface area contributed by atoms with Crippen molar-refractivity contribution in [3.63, 3.8) is 0 Å². The third kappa shape index (κ3) is 3.06. The quantitative estimate of drug-likeness (QED) is 0.652. The second-order valence-electron chi connectivity index (χ2n) is 5.00. The SMILES string of the molecule is CC12CCC(=O)N1C(C(=O)NCCOCC(=O)O)CS2. The molecule has 0 aromatic rings. The van der Waals surface area contributed by atoms with E-state index in [2.05, 4.69) is 5.32 Å². The molecule has 2 N–H and O–H groups in total. The molecule has 2 unspecified atom stereocenters. The monoisotopic (exact) mass is 302 g/mol. The molecule has 0 spiro atoms. The van der Waals surface area contributed by atoms with E-state index >= 15 is 0 Å². The fraction of sp³-hybridized carbons (Fsp3) is 0.750. The van der Waals surface area contributed by atoms with Crippen LogP contribution < -0.4 is 5.32 Å². The van der Waals surface area contributed by atoms with Crippen LogP contribution in [0.3, 0.4) is 0 Å². The minimum atomic E-state index is -1.04. The second-order valence-corrected chi connectivity index (χ2v) is 6.50. The van der Waals surface area contributed by atoms with Crippen LogP contribution in [0.25, 0.3) is 0 Å². The second kappa shape index (κ2) is 6.01. The number of hydrogen-bond donors (Lipinski definition) is 2. The molecule has 2 atom stereocenters. The van der Waals surface area contributed by atoms with Crippen molar-refractivity contribution in [1.82, 2.24) is 10.2 Å². The minimum Gasteiger partial charge on any atom is -0.480 e. The molecule has 20 heavy (non-hydrogen) atoms. The Kier molecular flexibility index (Phi) is 4.54. The van der Waals surface area contributed by atoms with Crippen LogP contribution in [-0.2, 0) is 19.1 Å². The number of fused-ring (bicyclic) bond motifs is 1. The first-order valence-electron chi connectivity index (χ1n) is 6.47. The zero-order valence-corrected chi connectivity index (χ0v) is 12.1. The number of nitrogens with zero attached hydrogens (tertiary/aromatic N) is 1. The molecule has 0 aromatic heterocycles. The molecule has 0 aromatic carbocycles. The maximum atomic E-state index is 12.1. The summed E-state index contributed by atoms with van der Waals surface area (Å²) < 4.78 is 4.84. The fourth-order valence-electron chi connectivity index (χ4n) is 2.54. The van der Waals surface area contributed by atoms with Gasteiger partial charge in [-0.25, -0.2) is 4.79 Å². The molecule has 2 rings (SSSR count). The van der Waals surface area contributed by atoms with Crippen LogP contribution in [0.15, 0.2) is 0 Å². The predicted octanol–water partition coefficient (Wildman–Crippen LogP) is -0.342. The van der Waals surface area contributed by atoms with Crippen molar-refractivity contribution in [3.8, 4) is 0 Å². The highest BCUT2D eigenvalue weighted by Gasteiger charge is 2.52. The van der Waals surface area contributed by atoms with Crippen molar-refractivity contribution in [2.45, 2.75) is 30.7 Å². The smallest absolute Gasteiger partial charge is 0.329 e. The van der Waals surface area contributed by atoms with Gasteiger partial charge in [0.05, 0.1) is 11.5 Å². The van der Waals surface area contributed by atoms with Crippen LogP contribution in [0.2, 0.25) is 0 Å². The highest BCUT2D eigenvalue weighted by molar-refractivity contribution is 8.01. The van der Waals surface area contributed by atoms with E-state index in [4.69, 9.17) is 9.84 Å². The molecule has 2 aliphatic heterocycles. The average Bonchev–Trinajstić information content (AvgIpc) is 2.86. The van der Waals surface area contributed by atoms with Gasteiger partial charge in [-0.05, 0) is 13.3 Å². The molecule has 2 fully saturated rings. The van der Waals surface area contributed by atoms with E-state index in [0.29, 0.717) is 12.2 Å². The van der Waals surface area contributed by atoms with Gasteiger partial charge < -0.3 is 20.1 Å². The largest absolute Gasteiger partial charge is 0.480 e. The lowest BCUT2D eigenvalue weighted by molar-refractivity contribution is -0.142. The maximum Gasteiger partial charge on any atom is 0.329 e. The van der Waals surface area contributed by atoms with Gasteiger partial charge in [0.25, 0.3) is 0 Å². The number of thioether (sulfide) groups is 1. The summed E-state index contributed by atoms with van der Waals surface area (Å²) in [6.45, 7) is 2.00. The van der Waals surface area contributed by atoms with Crippen LogP contribution in [-0.4, -0.2) is 64.2 Å². The van der Waals surface area contributed by atoms with E-state index in [0.717, 1.165) is 6.42 Å². The third-order valence-corrected chi connectivity index (χ3v) is 5.02. The number of rotatable bonds is 6. The summed E-state index contributed by atoms with van der Waals surface area (Å²) in [5.41, 5.74) is 0. The minimum absolute atomic E-state index is 0.0276. The lowest BCUT2D eigenvalue weighted by atomic mass is 10.2. The first-order valence-corrected chi connectivity index (χ1v) is 7.46. The van der Waals surface area contributed by atoms with E-state index in [9.17, 15) is 14.4 Å². The molecule has 112 valence electrons. The molecule has 0 aliphatic carbocycles. The Morgan fingerprint density at radius 1 is 1.60 bits per heavy atom. The summed E-state index contributed by atoms with van der Waals surface area (Å²) >= 11 is 1.64. The molecular formula is C12H18N2O5S. The lowest BCUT2D eigenvalue weighted by Crippen LogP contribution is -2.50. The average molecular weight is 302 g/mol. The van der Waals surface area contributed by atoms with Crippen molar-refractivity contribution < 1.29 is 24.2 Å². The summed E-state index contributed by atoms with van der Waals surface area (Å²) in [6, 6.07) is -0.431. The third-order valence-electron chi connectivity index (χ3n) is 3.52. The standard InChI is InChI=1S/C12H18N2O5S/c1-12-3-2-9(15)14(12)8(7-20-12)11(18)13-4-5-19-6-10(16)17/h8H,2-7H2,1H3,(H,13,18)(H,16,17). The molecular weight excluding hydrogens is 284 g/mol. The number of aliphatic carboxylic acids is 1. The number of carboxylic acids is 1. The molecule has 2 aliphatic rings. The van der Waals surface area contributed by atoms with Gasteiger partial charge in [-0.2, -0.15) is 0 Å². The van der Waals surface area contributed by atoms with Crippen molar-refractivity contribution >= 4 is 29.5 Å². The van der Waals surface area contributed by atoms with Crippen LogP contribution in [0.4, 0.5) is 0 Å². The van der Waals surface area contributed by atoms with Crippen LogP contribution in [0.5, 0.6) is 0 Å². The van der Waals surface area contributed by atoms with Crippen LogP contribution in [0.1, 0.15) is 19.8 Å². The number of carbonyl (C=O) groups excluding carboxylic acids is 2. The molecule has 7 nitrogen and oxygen atoms in total. The van der Waals surface area contributed by atoms with E-state index < -0.39 is 12.0 Å². The van der Waals surface area contributed by atoms with Crippen molar-refractivity contribution in [2.75, 3.05) is 25.5 Å². The van der Waals surface area contributed by atoms with Gasteiger partial charge in [0.15, 0.2) is 0 Å². The zero-order valence-electron chi connectivity index (χ0n) is 11.3. The number of carbonyl (C=O) groups is 3. The van der Waals surface area contributed by atoms with E-state index in [1.807, 2.05) is 6.92 Å². The van der Waals surface area contributed by atoms with Gasteiger partial charge in [-0.3, -0.25) is 9.59 Å². The van der Waals surface area contributed by atoms with Crippen LogP contribution >= 0.6 is 11.8 Å². The fourth-order valence-corrected chi connectivity index (χ4v) is 3.97. The molecule has 0 radical (unpaired) electrons. The van der Waals surface area contributed by atoms with E-state index in [1.165, 1.54) is 0 Å². The van der Waals surface area contributed by atoms with E-state index in [-0.39, 0.29) is 36.4 Å². The highest BCUT2D eigenvalue weighted by atomic mass is 32.2. The Morgan fingerprint density at radius 2 is 2.35 bits per heavy atom. The van der Waals surface area contributed by atoms with Gasteiger partial charge in [-0.15, -0.1) is 11.8 Å². The highest BCUT2D eigenvalue weighted by Crippen LogP contribution is 2.47. The number of ether oxygens (including phenoxy) is 1. The summed E-state index contributed by atoms with van der Waals surface area (Å²) in [4.78, 5) is 35.6. The van der Waals surface area contributed by atoms with Gasteiger partial charge >= 0.3 is 5.97 Å². The molecule has 8 heteroatoms. The summed E-state index contributed by atoms with van der Waals surface area (Å²) in [5, 5.41) is 11.1. The van der Waals surface area contributed by atoms with E-state index in [1.54, 1.807) is 16.7 Å². The van der Waals surface area contributed by atoms with Gasteiger partial charge in [0, 0.05) is 18.7 Å². The van der Waals surface area contributed by atoms with Gasteiger partial charge in [0.1, 0.15) is 12.6 Å². The predicted molar refractivity (Wildman–Crippen MR) is 72.2 cm³/mol. The summed E-state index contributed by atoms with van der Waals surface area (Å²) in [6.07, 6.45) is 1.27. The normalized spacial score (nSPS) is 28.6. The molecule has 2 heterocycles. The number of carboxylic acid groups (broad SMARTS) is 1. The van der Waals surface area contributed by atoms with Crippen molar-refractivity contribution in [3.05, 3.63) is 0 Å². The first-order chi connectivity index (χ1) is 9.44. The Bertz CT molecular complexity index is 430. The number of nitrogens with one attached hydrogen (secondary N) is 1. The molecule has 0 bridgehead atoms. The number of amides is 2. The van der Waals surface area contributed by atoms with Crippen molar-refractivity contribution in [1.29, 1.82) is 0 Å². The van der Waals surface area contributed by atoms with Gasteiger partial charge in [0.2, 0.25) is 11.8 Å². The molecule has 2 amide bonds. The lowest BCUT2D eigenvalue weighted by Gasteiger charge is -2.29. The maximum absolute atomic E-state index is 12.1. The Balaban J connectivity index is 1.79. The van der Waals surface area contributed by atoms with Crippen molar-refractivity contribution in [2.24, 2.45) is 0 Å². The Hall–Kier alpha value is -1.28. The Morgan fingerprint density at radius 3 is 3.05 bits per heavy atom. The number of hydrogen-bond acceptors (Lipinski definition) is 5. The van der Waals surface area contributed by atoms with Gasteiger partial charge in [-0.1, -0.05) is 0 Å². The Labute approximate surface area is 121 Å². The summed E-state index contributed by atoms with van der Waals surface area (Å²) in [5.74, 6) is -0.610. The summed E-state index contributed by atoms with van der Waals surface area (Å²) in [7, 11) is 0. The molecule has 0 saturated carbocycles. The molecule has 2 saturated heterocycles.